The molecule has 0 aromatic heterocycles. The van der Waals surface area contributed by atoms with Crippen LogP contribution in [0.1, 0.15) is 15.9 Å². The SMILES string of the molecule is C=CCOc1ccc(C(=O)N/N=C/c2cccc(O)c2)cc1. The molecule has 22 heavy (non-hydrogen) atoms. The molecule has 2 aromatic carbocycles. The van der Waals surface area contributed by atoms with E-state index in [1.54, 1.807) is 54.6 Å². The van der Waals surface area contributed by atoms with Gasteiger partial charge in [0.1, 0.15) is 18.1 Å². The van der Waals surface area contributed by atoms with Gasteiger partial charge < -0.3 is 9.84 Å². The van der Waals surface area contributed by atoms with E-state index in [2.05, 4.69) is 17.1 Å². The van der Waals surface area contributed by atoms with Crippen molar-refractivity contribution in [2.45, 2.75) is 0 Å². The second-order valence-corrected chi connectivity index (χ2v) is 4.42. The Morgan fingerprint density at radius 2 is 2.05 bits per heavy atom. The summed E-state index contributed by atoms with van der Waals surface area (Å²) in [7, 11) is 0. The van der Waals surface area contributed by atoms with Crippen molar-refractivity contribution in [2.75, 3.05) is 6.61 Å². The fourth-order valence-electron chi connectivity index (χ4n) is 1.69. The second-order valence-electron chi connectivity index (χ2n) is 4.42. The minimum Gasteiger partial charge on any atom is -0.508 e. The van der Waals surface area contributed by atoms with Crippen LogP contribution in [-0.4, -0.2) is 23.8 Å². The summed E-state index contributed by atoms with van der Waals surface area (Å²) in [5.41, 5.74) is 3.58. The van der Waals surface area contributed by atoms with E-state index >= 15 is 0 Å². The van der Waals surface area contributed by atoms with Gasteiger partial charge >= 0.3 is 0 Å². The van der Waals surface area contributed by atoms with Gasteiger partial charge in [0.15, 0.2) is 0 Å². The summed E-state index contributed by atoms with van der Waals surface area (Å²) >= 11 is 0. The summed E-state index contributed by atoms with van der Waals surface area (Å²) in [4.78, 5) is 11.9. The minimum absolute atomic E-state index is 0.144. The first-order valence-corrected chi connectivity index (χ1v) is 6.65. The Labute approximate surface area is 128 Å². The van der Waals surface area contributed by atoms with E-state index in [0.717, 1.165) is 0 Å². The van der Waals surface area contributed by atoms with E-state index in [-0.39, 0.29) is 11.7 Å². The molecule has 1 amide bonds. The number of phenolic OH excluding ortho intramolecular Hbond substituents is 1. The summed E-state index contributed by atoms with van der Waals surface area (Å²) < 4.78 is 5.34. The summed E-state index contributed by atoms with van der Waals surface area (Å²) in [5, 5.41) is 13.2. The van der Waals surface area contributed by atoms with E-state index in [9.17, 15) is 9.90 Å². The van der Waals surface area contributed by atoms with Crippen LogP contribution in [0.2, 0.25) is 0 Å². The third kappa shape index (κ3) is 4.49. The van der Waals surface area contributed by atoms with E-state index in [1.165, 1.54) is 6.21 Å². The summed E-state index contributed by atoms with van der Waals surface area (Å²) in [6, 6.07) is 13.3. The van der Waals surface area contributed by atoms with Gasteiger partial charge in [-0.2, -0.15) is 5.10 Å². The van der Waals surface area contributed by atoms with Crippen LogP contribution >= 0.6 is 0 Å². The Morgan fingerprint density at radius 1 is 1.27 bits per heavy atom. The average Bonchev–Trinajstić information content (AvgIpc) is 2.53. The fraction of sp³-hybridized carbons (Fsp3) is 0.0588. The van der Waals surface area contributed by atoms with E-state index in [1.807, 2.05) is 0 Å². The molecular formula is C17H16N2O3. The maximum absolute atomic E-state index is 11.9. The molecule has 112 valence electrons. The molecule has 5 nitrogen and oxygen atoms in total. The van der Waals surface area contributed by atoms with Gasteiger partial charge in [-0.25, -0.2) is 5.43 Å². The molecule has 0 fully saturated rings. The number of hydrogen-bond acceptors (Lipinski definition) is 4. The van der Waals surface area contributed by atoms with Crippen molar-refractivity contribution in [3.63, 3.8) is 0 Å². The van der Waals surface area contributed by atoms with Crippen molar-refractivity contribution < 1.29 is 14.6 Å². The zero-order chi connectivity index (χ0) is 15.8. The molecule has 0 bridgehead atoms. The third-order valence-electron chi connectivity index (χ3n) is 2.73. The number of ether oxygens (including phenoxy) is 1. The van der Waals surface area contributed by atoms with E-state index < -0.39 is 0 Å². The van der Waals surface area contributed by atoms with Gasteiger partial charge in [0.25, 0.3) is 5.91 Å². The summed E-state index contributed by atoms with van der Waals surface area (Å²) in [6.45, 7) is 3.98. The summed E-state index contributed by atoms with van der Waals surface area (Å²) in [5.74, 6) is 0.483. The highest BCUT2D eigenvalue weighted by atomic mass is 16.5. The van der Waals surface area contributed by atoms with Crippen LogP contribution in [0.25, 0.3) is 0 Å². The maximum Gasteiger partial charge on any atom is 0.271 e. The monoisotopic (exact) mass is 296 g/mol. The molecular weight excluding hydrogens is 280 g/mol. The van der Waals surface area contributed by atoms with Crippen LogP contribution < -0.4 is 10.2 Å². The Bertz CT molecular complexity index is 679. The lowest BCUT2D eigenvalue weighted by molar-refractivity contribution is 0.0955. The lowest BCUT2D eigenvalue weighted by Gasteiger charge is -2.04. The molecule has 0 radical (unpaired) electrons. The molecule has 0 saturated carbocycles. The van der Waals surface area contributed by atoms with Crippen molar-refractivity contribution in [2.24, 2.45) is 5.10 Å². The highest BCUT2D eigenvalue weighted by Gasteiger charge is 2.04. The van der Waals surface area contributed by atoms with Crippen LogP contribution in [0.15, 0.2) is 66.3 Å². The zero-order valence-electron chi connectivity index (χ0n) is 11.9. The van der Waals surface area contributed by atoms with Crippen molar-refractivity contribution in [1.82, 2.24) is 5.43 Å². The number of hydrogen-bond donors (Lipinski definition) is 2. The highest BCUT2D eigenvalue weighted by molar-refractivity contribution is 5.95. The number of benzene rings is 2. The summed E-state index contributed by atoms with van der Waals surface area (Å²) in [6.07, 6.45) is 3.11. The van der Waals surface area contributed by atoms with E-state index in [0.29, 0.717) is 23.5 Å². The Kier molecular flexibility index (Phi) is 5.31. The lowest BCUT2D eigenvalue weighted by Crippen LogP contribution is -2.17. The van der Waals surface area contributed by atoms with Gasteiger partial charge in [0.05, 0.1) is 6.21 Å². The molecule has 0 atom stereocenters. The van der Waals surface area contributed by atoms with Crippen molar-refractivity contribution >= 4 is 12.1 Å². The molecule has 5 heteroatoms. The molecule has 2 rings (SSSR count). The molecule has 2 N–H and O–H groups in total. The van der Waals surface area contributed by atoms with Crippen LogP contribution in [-0.2, 0) is 0 Å². The number of aromatic hydroxyl groups is 1. The van der Waals surface area contributed by atoms with Gasteiger partial charge in [-0.1, -0.05) is 24.8 Å². The highest BCUT2D eigenvalue weighted by Crippen LogP contribution is 2.12. The molecule has 0 saturated heterocycles. The quantitative estimate of drug-likeness (QED) is 0.489. The van der Waals surface area contributed by atoms with Crippen LogP contribution in [0.3, 0.4) is 0 Å². The number of carbonyl (C=O) groups is 1. The van der Waals surface area contributed by atoms with Crippen molar-refractivity contribution in [3.8, 4) is 11.5 Å². The van der Waals surface area contributed by atoms with Gasteiger partial charge in [-0.05, 0) is 42.0 Å². The predicted molar refractivity (Wildman–Crippen MR) is 85.3 cm³/mol. The Morgan fingerprint density at radius 3 is 2.73 bits per heavy atom. The largest absolute Gasteiger partial charge is 0.508 e. The molecule has 0 aliphatic carbocycles. The molecule has 0 aliphatic rings. The first-order chi connectivity index (χ1) is 10.7. The fourth-order valence-corrected chi connectivity index (χ4v) is 1.69. The van der Waals surface area contributed by atoms with Gasteiger partial charge in [-0.15, -0.1) is 0 Å². The average molecular weight is 296 g/mol. The number of amides is 1. The number of phenols is 1. The predicted octanol–water partition coefficient (Wildman–Crippen LogP) is 2.72. The van der Waals surface area contributed by atoms with Gasteiger partial charge in [0.2, 0.25) is 0 Å². The van der Waals surface area contributed by atoms with Crippen LogP contribution in [0, 0.1) is 0 Å². The zero-order valence-corrected chi connectivity index (χ0v) is 11.9. The molecule has 0 aliphatic heterocycles. The lowest BCUT2D eigenvalue weighted by atomic mass is 10.2. The Balaban J connectivity index is 1.93. The molecule has 0 heterocycles. The smallest absolute Gasteiger partial charge is 0.271 e. The minimum atomic E-state index is -0.327. The van der Waals surface area contributed by atoms with Gasteiger partial charge in [-0.3, -0.25) is 4.79 Å². The van der Waals surface area contributed by atoms with Gasteiger partial charge in [0, 0.05) is 5.56 Å². The Hall–Kier alpha value is -3.08. The topological polar surface area (TPSA) is 70.9 Å². The first-order valence-electron chi connectivity index (χ1n) is 6.65. The van der Waals surface area contributed by atoms with Crippen molar-refractivity contribution in [1.29, 1.82) is 0 Å². The van der Waals surface area contributed by atoms with E-state index in [4.69, 9.17) is 4.74 Å². The number of hydrazone groups is 1. The number of carbonyl (C=O) groups excluding carboxylic acids is 1. The van der Waals surface area contributed by atoms with Crippen LogP contribution in [0.4, 0.5) is 0 Å². The molecule has 0 unspecified atom stereocenters. The third-order valence-corrected chi connectivity index (χ3v) is 2.73. The first kappa shape index (κ1) is 15.3. The normalized spacial score (nSPS) is 10.4. The number of nitrogens with zero attached hydrogens (tertiary/aromatic N) is 1. The number of nitrogens with one attached hydrogen (secondary N) is 1. The maximum atomic E-state index is 11.9. The number of rotatable bonds is 6. The second kappa shape index (κ2) is 7.64. The van der Waals surface area contributed by atoms with Crippen LogP contribution in [0.5, 0.6) is 11.5 Å². The van der Waals surface area contributed by atoms with Crippen molar-refractivity contribution in [3.05, 3.63) is 72.3 Å². The molecule has 2 aromatic rings. The molecule has 0 spiro atoms. The standard InChI is InChI=1S/C17H16N2O3/c1-2-10-22-16-8-6-14(7-9-16)17(21)19-18-12-13-4-3-5-15(20)11-13/h2-9,11-12,20H,1,10H2,(H,19,21)/b18-12+.